The standard InChI is InChI=1S/C32H2F16N8.Pb/c33-3-1-2-4(12(35)11(3)34)26-49-25(2)50-27-5-6(14(37)20(43)19(42)13(5)36)28(51-27)52-29-7-8(16(39)22(45)21(44)15(7)38)30(53-29)55-32-10-9(31(54-26)56(32)48)17(40)23(46)24(47)18(10)41;/h1H,(H,49,50,51,52,53,54,55);. The van der Waals surface area contributed by atoms with Crippen molar-refractivity contribution in [2.45, 2.75) is 0 Å². The molecule has 0 saturated heterocycles. The van der Waals surface area contributed by atoms with Gasteiger partial charge >= 0.3 is 0 Å². The molecule has 286 valence electrons. The fourth-order valence-electron chi connectivity index (χ4n) is 6.24. The van der Waals surface area contributed by atoms with Crippen LogP contribution in [-0.2, 0) is 0 Å². The quantitative estimate of drug-likeness (QED) is 0.0707. The summed E-state index contributed by atoms with van der Waals surface area (Å²) in [6, 6.07) is 0.162. The predicted molar refractivity (Wildman–Crippen MR) is 161 cm³/mol. The topological polar surface area (TPSA) is 98.1 Å². The van der Waals surface area contributed by atoms with Crippen molar-refractivity contribution >= 4 is 71.4 Å². The fraction of sp³-hybridized carbons (Fsp3) is 0. The van der Waals surface area contributed by atoms with Gasteiger partial charge in [-0.25, -0.2) is 95.8 Å². The summed E-state index contributed by atoms with van der Waals surface area (Å²) in [7, 11) is 0. The molecule has 2 aliphatic rings. The number of rotatable bonds is 0. The number of aromatic amines is 1. The molecule has 7 aromatic rings. The molecule has 0 saturated carbocycles. The molecule has 57 heavy (non-hydrogen) atoms. The van der Waals surface area contributed by atoms with Crippen molar-refractivity contribution in [2.75, 3.05) is 0 Å². The minimum absolute atomic E-state index is 0. The van der Waals surface area contributed by atoms with E-state index in [0.717, 1.165) is 0 Å². The summed E-state index contributed by atoms with van der Waals surface area (Å²) in [4.78, 5) is 22.3. The van der Waals surface area contributed by atoms with Crippen LogP contribution < -0.4 is 0 Å². The Labute approximate surface area is 319 Å². The van der Waals surface area contributed by atoms with Gasteiger partial charge in [-0.3, -0.25) is 0 Å². The Bertz CT molecular complexity index is 3240. The van der Waals surface area contributed by atoms with Crippen molar-refractivity contribution in [3.05, 3.63) is 93.3 Å². The molecule has 4 aromatic carbocycles. The molecule has 4 radical (unpaired) electrons. The van der Waals surface area contributed by atoms with E-state index in [-0.39, 0.29) is 33.4 Å². The van der Waals surface area contributed by atoms with E-state index in [1.165, 1.54) is 0 Å². The van der Waals surface area contributed by atoms with Crippen LogP contribution in [0.4, 0.5) is 70.3 Å². The average Bonchev–Trinajstić information content (AvgIpc) is 3.89. The first kappa shape index (κ1) is 37.9. The summed E-state index contributed by atoms with van der Waals surface area (Å²) in [6.07, 6.45) is 0. The van der Waals surface area contributed by atoms with Crippen molar-refractivity contribution in [1.82, 2.24) is 39.7 Å². The second-order valence-electron chi connectivity index (χ2n) is 11.6. The monoisotopic (exact) mass is 1010 g/mol. The van der Waals surface area contributed by atoms with Crippen LogP contribution in [0.25, 0.3) is 89.7 Å². The van der Waals surface area contributed by atoms with Crippen LogP contribution in [0.2, 0.25) is 0 Å². The number of nitrogens with one attached hydrogen (secondary N) is 1. The number of aromatic nitrogens is 8. The van der Waals surface area contributed by atoms with Gasteiger partial charge in [0.1, 0.15) is 11.3 Å². The van der Waals surface area contributed by atoms with Crippen LogP contribution in [0.3, 0.4) is 0 Å². The Hall–Kier alpha value is -5.96. The maximum Gasteiger partial charge on any atom is 0.198 e. The maximum absolute atomic E-state index is 16.3. The van der Waals surface area contributed by atoms with Gasteiger partial charge < -0.3 is 4.98 Å². The Morgan fingerprint density at radius 2 is 0.719 bits per heavy atom. The van der Waals surface area contributed by atoms with Gasteiger partial charge in [-0.15, -0.1) is 4.79 Å². The molecule has 0 unspecified atom stereocenters. The number of hydrogen-bond acceptors (Lipinski definition) is 6. The summed E-state index contributed by atoms with van der Waals surface area (Å²) in [5, 5.41) is -6.24. The van der Waals surface area contributed by atoms with Crippen molar-refractivity contribution < 1.29 is 70.3 Å². The first-order valence-electron chi connectivity index (χ1n) is 14.7. The third-order valence-corrected chi connectivity index (χ3v) is 8.69. The fourth-order valence-corrected chi connectivity index (χ4v) is 6.24. The van der Waals surface area contributed by atoms with E-state index in [0.29, 0.717) is 0 Å². The molecule has 0 aliphatic carbocycles. The second kappa shape index (κ2) is 12.5. The first-order valence-corrected chi connectivity index (χ1v) is 14.7. The second-order valence-corrected chi connectivity index (χ2v) is 11.6. The van der Waals surface area contributed by atoms with Gasteiger partial charge in [-0.1, -0.05) is 4.48 Å². The molecule has 8 bridgehead atoms. The van der Waals surface area contributed by atoms with Crippen LogP contribution >= 0.6 is 0 Å². The molecule has 3 aromatic heterocycles. The summed E-state index contributed by atoms with van der Waals surface area (Å²) in [5.74, 6) is -41.5. The van der Waals surface area contributed by atoms with Gasteiger partial charge in [-0.2, -0.15) is 0 Å². The zero-order valence-electron chi connectivity index (χ0n) is 26.3. The minimum Gasteiger partial charge on any atom is -0.324 e. The van der Waals surface area contributed by atoms with Crippen LogP contribution in [0, 0.1) is 87.3 Å². The summed E-state index contributed by atoms with van der Waals surface area (Å²) in [5.41, 5.74) is -11.4. The van der Waals surface area contributed by atoms with E-state index >= 15 is 35.2 Å². The Balaban J connectivity index is 0.00000455. The molecule has 0 spiro atoms. The summed E-state index contributed by atoms with van der Waals surface area (Å²) < 4.78 is 241. The number of H-pyrrole nitrogens is 1. The number of hydrogen-bond donors (Lipinski definition) is 1. The SMILES string of the molecule is Fc1cc2c(c(F)c1F)-c1nc-2nc2[nH]c(nc3nc(nc4c5c(F)c(F)c(F)c(F)c5c(n1)n4F)-c1c(F)c(F)c(F)c(F)c1-3)c1c(F)c(F)c(F)c(F)c21.[Pb]. The van der Waals surface area contributed by atoms with Crippen LogP contribution in [0.1, 0.15) is 0 Å². The predicted octanol–water partition coefficient (Wildman–Crippen LogP) is 8.78. The molecular formula is C32H2F16N8Pb. The molecule has 0 amide bonds. The van der Waals surface area contributed by atoms with E-state index in [1.807, 2.05) is 4.98 Å². The van der Waals surface area contributed by atoms with E-state index in [9.17, 15) is 35.1 Å². The van der Waals surface area contributed by atoms with E-state index < -0.39 is 182 Å². The summed E-state index contributed by atoms with van der Waals surface area (Å²) in [6.45, 7) is 0. The zero-order chi connectivity index (χ0) is 40.1. The largest absolute Gasteiger partial charge is 0.324 e. The molecule has 9 rings (SSSR count). The molecule has 0 atom stereocenters. The first-order chi connectivity index (χ1) is 26.4. The van der Waals surface area contributed by atoms with E-state index in [4.69, 9.17) is 0 Å². The Morgan fingerprint density at radius 3 is 1.19 bits per heavy atom. The third kappa shape index (κ3) is 4.87. The van der Waals surface area contributed by atoms with Crippen LogP contribution in [0.15, 0.2) is 6.07 Å². The van der Waals surface area contributed by atoms with E-state index in [2.05, 4.69) is 29.9 Å². The minimum atomic E-state index is -2.63. The summed E-state index contributed by atoms with van der Waals surface area (Å²) >= 11 is 0. The van der Waals surface area contributed by atoms with Gasteiger partial charge in [0.05, 0.1) is 38.2 Å². The maximum atomic E-state index is 16.3. The zero-order valence-corrected chi connectivity index (χ0v) is 30.1. The third-order valence-electron chi connectivity index (χ3n) is 8.69. The number of halogens is 16. The molecule has 5 heterocycles. The molecule has 25 heteroatoms. The molecule has 0 fully saturated rings. The van der Waals surface area contributed by atoms with E-state index in [1.54, 1.807) is 0 Å². The normalized spacial score (nSPS) is 12.1. The average molecular weight is 1010 g/mol. The van der Waals surface area contributed by atoms with Crippen molar-refractivity contribution in [2.24, 2.45) is 0 Å². The van der Waals surface area contributed by atoms with Gasteiger partial charge in [0.2, 0.25) is 0 Å². The van der Waals surface area contributed by atoms with Crippen LogP contribution in [-0.4, -0.2) is 67.0 Å². The van der Waals surface area contributed by atoms with Crippen molar-refractivity contribution in [1.29, 1.82) is 0 Å². The van der Waals surface area contributed by atoms with Gasteiger partial charge in [0.25, 0.3) is 0 Å². The van der Waals surface area contributed by atoms with Gasteiger partial charge in [0.15, 0.2) is 122 Å². The molecule has 2 aliphatic heterocycles. The van der Waals surface area contributed by atoms with Gasteiger partial charge in [0, 0.05) is 32.9 Å². The smallest absolute Gasteiger partial charge is 0.198 e. The van der Waals surface area contributed by atoms with Crippen molar-refractivity contribution in [3.63, 3.8) is 0 Å². The molecule has 1 N–H and O–H groups in total. The van der Waals surface area contributed by atoms with Crippen LogP contribution in [0.5, 0.6) is 0 Å². The number of benzene rings is 4. The van der Waals surface area contributed by atoms with Gasteiger partial charge in [-0.05, 0) is 6.07 Å². The Morgan fingerprint density at radius 1 is 0.368 bits per heavy atom. The van der Waals surface area contributed by atoms with Crippen molar-refractivity contribution in [3.8, 4) is 45.6 Å². The molecular weight excluding hydrogens is 1010 g/mol. The number of nitrogens with zero attached hydrogens (tertiary/aromatic N) is 7. The number of fused-ring (bicyclic) bond motifs is 20. The molecule has 8 nitrogen and oxygen atoms in total. The Kier molecular flexibility index (Phi) is 8.33.